The Morgan fingerprint density at radius 1 is 1.03 bits per heavy atom. The first-order valence-corrected chi connectivity index (χ1v) is 9.88. The average Bonchev–Trinajstić information content (AvgIpc) is 3.35. The Bertz CT molecular complexity index is 1020. The number of imide groups is 2. The Labute approximate surface area is 168 Å². The van der Waals surface area contributed by atoms with Crippen LogP contribution in [-0.2, 0) is 16.0 Å². The summed E-state index contributed by atoms with van der Waals surface area (Å²) in [5.41, 5.74) is 1.38. The summed E-state index contributed by atoms with van der Waals surface area (Å²) in [6, 6.07) is 9.03. The fourth-order valence-electron chi connectivity index (χ4n) is 5.25. The SMILES string of the molecule is Cc1nn(-c2ccccc2)c2c1CC1(C(=O)N(C)C(=O)N(C)C1=O)C1CCCN21. The molecule has 8 nitrogen and oxygen atoms in total. The van der Waals surface area contributed by atoms with Crippen molar-refractivity contribution in [2.75, 3.05) is 25.5 Å². The second-order valence-electron chi connectivity index (χ2n) is 8.15. The first-order chi connectivity index (χ1) is 13.9. The number of hydrogen-bond donors (Lipinski definition) is 0. The van der Waals surface area contributed by atoms with Crippen LogP contribution >= 0.6 is 0 Å². The summed E-state index contributed by atoms with van der Waals surface area (Å²) in [6.07, 6.45) is 1.88. The van der Waals surface area contributed by atoms with E-state index in [1.165, 1.54) is 14.1 Å². The van der Waals surface area contributed by atoms with Gasteiger partial charge in [-0.15, -0.1) is 0 Å². The minimum atomic E-state index is -1.28. The highest BCUT2D eigenvalue weighted by Crippen LogP contribution is 2.50. The first-order valence-electron chi connectivity index (χ1n) is 9.88. The van der Waals surface area contributed by atoms with Crippen LogP contribution in [-0.4, -0.2) is 64.1 Å². The molecule has 1 aromatic carbocycles. The van der Waals surface area contributed by atoms with Crippen LogP contribution in [0.2, 0.25) is 0 Å². The number of para-hydroxylation sites is 1. The zero-order valence-corrected chi connectivity index (χ0v) is 16.8. The standard InChI is InChI=1S/C21H23N5O3/c1-13-15-12-21(18(27)23(2)20(29)24(3)19(21)28)16-10-7-11-25(16)17(15)26(22-13)14-8-5-4-6-9-14/h4-6,8-9,16H,7,10-12H2,1-3H3. The summed E-state index contributed by atoms with van der Waals surface area (Å²) < 4.78 is 1.92. The maximum absolute atomic E-state index is 13.4. The van der Waals surface area contributed by atoms with Crippen LogP contribution in [0.5, 0.6) is 0 Å². The molecule has 3 aliphatic heterocycles. The number of rotatable bonds is 1. The van der Waals surface area contributed by atoms with Crippen LogP contribution < -0.4 is 4.90 Å². The normalized spacial score (nSPS) is 23.1. The third-order valence-electron chi connectivity index (χ3n) is 6.65. The van der Waals surface area contributed by atoms with Gasteiger partial charge in [0.1, 0.15) is 5.82 Å². The van der Waals surface area contributed by atoms with Crippen LogP contribution in [0.1, 0.15) is 24.1 Å². The van der Waals surface area contributed by atoms with Gasteiger partial charge in [0.2, 0.25) is 11.8 Å². The number of aromatic nitrogens is 2. The summed E-state index contributed by atoms with van der Waals surface area (Å²) >= 11 is 0. The van der Waals surface area contributed by atoms with Crippen molar-refractivity contribution in [3.8, 4) is 5.69 Å². The van der Waals surface area contributed by atoms with Gasteiger partial charge in [0.15, 0.2) is 5.41 Å². The predicted molar refractivity (Wildman–Crippen MR) is 106 cm³/mol. The van der Waals surface area contributed by atoms with Gasteiger partial charge in [-0.3, -0.25) is 19.4 Å². The fourth-order valence-corrected chi connectivity index (χ4v) is 5.25. The van der Waals surface area contributed by atoms with E-state index in [1.807, 2.05) is 41.9 Å². The molecule has 0 radical (unpaired) electrons. The molecule has 5 rings (SSSR count). The lowest BCUT2D eigenvalue weighted by atomic mass is 9.68. The molecule has 4 amide bonds. The van der Waals surface area contributed by atoms with E-state index in [0.717, 1.165) is 51.9 Å². The van der Waals surface area contributed by atoms with E-state index in [9.17, 15) is 14.4 Å². The number of hydrogen-bond acceptors (Lipinski definition) is 5. The maximum Gasteiger partial charge on any atom is 0.332 e. The molecule has 0 aliphatic carbocycles. The van der Waals surface area contributed by atoms with Crippen molar-refractivity contribution in [1.29, 1.82) is 0 Å². The molecule has 29 heavy (non-hydrogen) atoms. The molecule has 150 valence electrons. The topological polar surface area (TPSA) is 78.8 Å². The predicted octanol–water partition coefficient (Wildman–Crippen LogP) is 1.74. The van der Waals surface area contributed by atoms with Crippen molar-refractivity contribution in [2.45, 2.75) is 32.2 Å². The summed E-state index contributed by atoms with van der Waals surface area (Å²) in [6.45, 7) is 2.66. The molecule has 0 N–H and O–H groups in total. The molecule has 1 atom stereocenters. The number of urea groups is 1. The third kappa shape index (κ3) is 2.14. The minimum absolute atomic E-state index is 0.266. The number of carbonyl (C=O) groups excluding carboxylic acids is 3. The van der Waals surface area contributed by atoms with Gasteiger partial charge < -0.3 is 4.90 Å². The monoisotopic (exact) mass is 393 g/mol. The van der Waals surface area contributed by atoms with Gasteiger partial charge in [0.25, 0.3) is 0 Å². The lowest BCUT2D eigenvalue weighted by Gasteiger charge is -2.50. The molecule has 1 spiro atoms. The van der Waals surface area contributed by atoms with Crippen LogP contribution in [0.25, 0.3) is 5.69 Å². The largest absolute Gasteiger partial charge is 0.352 e. The summed E-state index contributed by atoms with van der Waals surface area (Å²) in [7, 11) is 2.93. The van der Waals surface area contributed by atoms with Crippen molar-refractivity contribution < 1.29 is 14.4 Å². The van der Waals surface area contributed by atoms with E-state index >= 15 is 0 Å². The van der Waals surface area contributed by atoms with E-state index in [4.69, 9.17) is 5.10 Å². The highest BCUT2D eigenvalue weighted by molar-refractivity contribution is 6.20. The van der Waals surface area contributed by atoms with Gasteiger partial charge in [-0.25, -0.2) is 9.48 Å². The van der Waals surface area contributed by atoms with Crippen LogP contribution in [0.3, 0.4) is 0 Å². The second-order valence-corrected chi connectivity index (χ2v) is 8.15. The number of fused-ring (bicyclic) bond motifs is 4. The zero-order valence-electron chi connectivity index (χ0n) is 16.8. The Hall–Kier alpha value is -3.16. The van der Waals surface area contributed by atoms with E-state index in [1.54, 1.807) is 0 Å². The van der Waals surface area contributed by atoms with E-state index < -0.39 is 23.3 Å². The fraction of sp³-hybridized carbons (Fsp3) is 0.429. The van der Waals surface area contributed by atoms with Crippen LogP contribution in [0.4, 0.5) is 10.6 Å². The molecular weight excluding hydrogens is 370 g/mol. The van der Waals surface area contributed by atoms with Gasteiger partial charge in [-0.1, -0.05) is 18.2 Å². The molecule has 8 heteroatoms. The van der Waals surface area contributed by atoms with E-state index in [0.29, 0.717) is 0 Å². The number of carbonyl (C=O) groups is 3. The average molecular weight is 393 g/mol. The van der Waals surface area contributed by atoms with Gasteiger partial charge in [-0.05, 0) is 31.9 Å². The molecule has 2 fully saturated rings. The summed E-state index contributed by atoms with van der Waals surface area (Å²) in [4.78, 5) is 43.5. The van der Waals surface area contributed by atoms with Crippen LogP contribution in [0.15, 0.2) is 30.3 Å². The minimum Gasteiger partial charge on any atom is -0.352 e. The summed E-state index contributed by atoms with van der Waals surface area (Å²) in [5, 5.41) is 4.76. The molecule has 2 saturated heterocycles. The molecular formula is C21H23N5O3. The molecule has 2 aromatic rings. The Morgan fingerprint density at radius 2 is 1.69 bits per heavy atom. The van der Waals surface area contributed by atoms with Crippen molar-refractivity contribution in [1.82, 2.24) is 19.6 Å². The van der Waals surface area contributed by atoms with Gasteiger partial charge in [0, 0.05) is 32.6 Å². The molecule has 1 unspecified atom stereocenters. The van der Waals surface area contributed by atoms with E-state index in [-0.39, 0.29) is 12.5 Å². The smallest absolute Gasteiger partial charge is 0.332 e. The number of amides is 4. The number of nitrogens with zero attached hydrogens (tertiary/aromatic N) is 5. The highest BCUT2D eigenvalue weighted by Gasteiger charge is 2.64. The van der Waals surface area contributed by atoms with E-state index in [2.05, 4.69) is 4.90 Å². The zero-order chi connectivity index (χ0) is 20.5. The highest BCUT2D eigenvalue weighted by atomic mass is 16.2. The molecule has 1 aromatic heterocycles. The number of anilines is 1. The van der Waals surface area contributed by atoms with Gasteiger partial charge >= 0.3 is 6.03 Å². The Balaban J connectivity index is 1.72. The Kier molecular flexibility index (Phi) is 3.65. The second kappa shape index (κ2) is 5.92. The number of benzene rings is 1. The van der Waals surface area contributed by atoms with Crippen molar-refractivity contribution >= 4 is 23.7 Å². The van der Waals surface area contributed by atoms with Gasteiger partial charge in [0.05, 0.1) is 17.4 Å². The van der Waals surface area contributed by atoms with Crippen LogP contribution in [0, 0.1) is 12.3 Å². The molecule has 0 saturated carbocycles. The first kappa shape index (κ1) is 17.9. The molecule has 0 bridgehead atoms. The van der Waals surface area contributed by atoms with Crippen molar-refractivity contribution in [3.05, 3.63) is 41.6 Å². The third-order valence-corrected chi connectivity index (χ3v) is 6.65. The Morgan fingerprint density at radius 3 is 2.34 bits per heavy atom. The lowest BCUT2D eigenvalue weighted by molar-refractivity contribution is -0.159. The summed E-state index contributed by atoms with van der Waals surface area (Å²) in [5.74, 6) is 0.157. The van der Waals surface area contributed by atoms with Gasteiger partial charge in [-0.2, -0.15) is 5.10 Å². The quantitative estimate of drug-likeness (QED) is 0.690. The number of barbiturate groups is 1. The number of aryl methyl sites for hydroxylation is 1. The van der Waals surface area contributed by atoms with Crippen molar-refractivity contribution in [2.24, 2.45) is 5.41 Å². The molecule has 3 aliphatic rings. The molecule has 4 heterocycles. The maximum atomic E-state index is 13.4. The van der Waals surface area contributed by atoms with Crippen molar-refractivity contribution in [3.63, 3.8) is 0 Å². The lowest BCUT2D eigenvalue weighted by Crippen LogP contribution is -2.70.